The number of rotatable bonds is 6. The second kappa shape index (κ2) is 21.4. The predicted octanol–water partition coefficient (Wildman–Crippen LogP) is 4.02. The lowest BCUT2D eigenvalue weighted by Crippen LogP contribution is -1.78. The van der Waals surface area contributed by atoms with Crippen LogP contribution in [0.25, 0.3) is 0 Å². The van der Waals surface area contributed by atoms with Gasteiger partial charge in [-0.2, -0.15) is 0 Å². The molecule has 0 aromatic heterocycles. The van der Waals surface area contributed by atoms with E-state index in [2.05, 4.69) is 13.8 Å². The summed E-state index contributed by atoms with van der Waals surface area (Å²) >= 11 is 0. The lowest BCUT2D eigenvalue weighted by molar-refractivity contribution is 0.284. The van der Waals surface area contributed by atoms with Gasteiger partial charge in [-0.05, 0) is 12.8 Å². The van der Waals surface area contributed by atoms with Crippen molar-refractivity contribution in [3.05, 3.63) is 36.4 Å². The fraction of sp³-hybridized carbons (Fsp3) is 0.625. The highest BCUT2D eigenvalue weighted by Crippen LogP contribution is 1.89. The monoisotopic (exact) mass is 254 g/mol. The minimum Gasteiger partial charge on any atom is -0.396 e. The fourth-order valence-electron chi connectivity index (χ4n) is 1.11. The van der Waals surface area contributed by atoms with Crippen LogP contribution >= 0.6 is 0 Å². The lowest BCUT2D eigenvalue weighted by Gasteiger charge is -1.85. The zero-order chi connectivity index (χ0) is 13.9. The van der Waals surface area contributed by atoms with Gasteiger partial charge in [-0.1, -0.05) is 75.9 Å². The van der Waals surface area contributed by atoms with E-state index in [1.807, 2.05) is 36.4 Å². The summed E-state index contributed by atoms with van der Waals surface area (Å²) in [5.74, 6) is 0. The Labute approximate surface area is 113 Å². The van der Waals surface area contributed by atoms with Crippen molar-refractivity contribution < 1.29 is 10.2 Å². The van der Waals surface area contributed by atoms with Gasteiger partial charge >= 0.3 is 0 Å². The molecule has 1 aromatic carbocycles. The van der Waals surface area contributed by atoms with E-state index in [-0.39, 0.29) is 0 Å². The lowest BCUT2D eigenvalue weighted by atomic mass is 10.3. The predicted molar refractivity (Wildman–Crippen MR) is 79.7 cm³/mol. The van der Waals surface area contributed by atoms with Gasteiger partial charge in [-0.25, -0.2) is 0 Å². The molecular weight excluding hydrogens is 224 g/mol. The standard InChI is InChI=1S/C6H6.2C5H12O/c1-2-4-6-5-3-1;2*1-2-3-4-5-6/h1-6H;2*6H,2-5H2,1H3. The molecule has 0 aliphatic heterocycles. The Morgan fingerprint density at radius 1 is 0.556 bits per heavy atom. The molecular formula is C16H30O2. The highest BCUT2D eigenvalue weighted by Gasteiger charge is 1.76. The molecule has 0 aliphatic carbocycles. The molecule has 0 atom stereocenters. The summed E-state index contributed by atoms with van der Waals surface area (Å²) in [6.45, 7) is 4.95. The Hall–Kier alpha value is -0.860. The summed E-state index contributed by atoms with van der Waals surface area (Å²) in [6.07, 6.45) is 6.65. The quantitative estimate of drug-likeness (QED) is 0.753. The summed E-state index contributed by atoms with van der Waals surface area (Å²) in [6, 6.07) is 12.0. The molecule has 0 spiro atoms. The number of aliphatic hydroxyl groups is 2. The van der Waals surface area contributed by atoms with Crippen LogP contribution < -0.4 is 0 Å². The summed E-state index contributed by atoms with van der Waals surface area (Å²) < 4.78 is 0. The molecule has 0 saturated heterocycles. The summed E-state index contributed by atoms with van der Waals surface area (Å²) in [5, 5.41) is 16.4. The summed E-state index contributed by atoms with van der Waals surface area (Å²) in [7, 11) is 0. The van der Waals surface area contributed by atoms with Crippen molar-refractivity contribution in [3.63, 3.8) is 0 Å². The molecule has 0 fully saturated rings. The van der Waals surface area contributed by atoms with E-state index in [1.165, 1.54) is 12.8 Å². The highest BCUT2D eigenvalue weighted by atomic mass is 16.3. The molecule has 0 aliphatic rings. The van der Waals surface area contributed by atoms with Crippen LogP contribution in [0.4, 0.5) is 0 Å². The van der Waals surface area contributed by atoms with E-state index < -0.39 is 0 Å². The molecule has 18 heavy (non-hydrogen) atoms. The van der Waals surface area contributed by atoms with Gasteiger partial charge in [0.25, 0.3) is 0 Å². The van der Waals surface area contributed by atoms with Crippen molar-refractivity contribution >= 4 is 0 Å². The third-order valence-electron chi connectivity index (χ3n) is 2.19. The molecule has 1 rings (SSSR count). The molecule has 0 heterocycles. The van der Waals surface area contributed by atoms with E-state index >= 15 is 0 Å². The fourth-order valence-corrected chi connectivity index (χ4v) is 1.11. The van der Waals surface area contributed by atoms with E-state index in [0.29, 0.717) is 13.2 Å². The van der Waals surface area contributed by atoms with Crippen LogP contribution in [-0.4, -0.2) is 23.4 Å². The van der Waals surface area contributed by atoms with E-state index in [1.54, 1.807) is 0 Å². The molecule has 0 unspecified atom stereocenters. The van der Waals surface area contributed by atoms with Crippen LogP contribution in [0.15, 0.2) is 36.4 Å². The van der Waals surface area contributed by atoms with Crippen molar-refractivity contribution in [2.75, 3.05) is 13.2 Å². The normalized spacial score (nSPS) is 8.67. The molecule has 0 bridgehead atoms. The van der Waals surface area contributed by atoms with Crippen LogP contribution in [0.3, 0.4) is 0 Å². The number of aliphatic hydroxyl groups excluding tert-OH is 2. The molecule has 1 aromatic rings. The van der Waals surface area contributed by atoms with Crippen LogP contribution in [-0.2, 0) is 0 Å². The van der Waals surface area contributed by atoms with Gasteiger partial charge in [-0.3, -0.25) is 0 Å². The minimum absolute atomic E-state index is 0.355. The third-order valence-corrected chi connectivity index (χ3v) is 2.19. The van der Waals surface area contributed by atoms with Crippen molar-refractivity contribution in [3.8, 4) is 0 Å². The Bertz CT molecular complexity index is 157. The first-order valence-corrected chi connectivity index (χ1v) is 7.05. The van der Waals surface area contributed by atoms with Crippen LogP contribution in [0.2, 0.25) is 0 Å². The van der Waals surface area contributed by atoms with Crippen molar-refractivity contribution in [2.24, 2.45) is 0 Å². The SMILES string of the molecule is CCCCCO.CCCCCO.c1ccccc1. The van der Waals surface area contributed by atoms with Crippen LogP contribution in [0.1, 0.15) is 52.4 Å². The van der Waals surface area contributed by atoms with E-state index in [4.69, 9.17) is 10.2 Å². The Kier molecular flexibility index (Phi) is 23.2. The van der Waals surface area contributed by atoms with Crippen LogP contribution in [0, 0.1) is 0 Å². The molecule has 0 saturated carbocycles. The third kappa shape index (κ3) is 24.4. The van der Waals surface area contributed by atoms with Crippen molar-refractivity contribution in [1.29, 1.82) is 0 Å². The number of unbranched alkanes of at least 4 members (excludes halogenated alkanes) is 4. The maximum atomic E-state index is 8.20. The highest BCUT2D eigenvalue weighted by molar-refractivity contribution is 4.99. The first-order chi connectivity index (χ1) is 8.83. The number of hydrogen-bond acceptors (Lipinski definition) is 2. The second-order valence-corrected chi connectivity index (χ2v) is 4.02. The largest absolute Gasteiger partial charge is 0.396 e. The minimum atomic E-state index is 0.355. The first-order valence-electron chi connectivity index (χ1n) is 7.05. The zero-order valence-corrected chi connectivity index (χ0v) is 12.0. The number of benzene rings is 1. The van der Waals surface area contributed by atoms with E-state index in [0.717, 1.165) is 25.7 Å². The summed E-state index contributed by atoms with van der Waals surface area (Å²) in [4.78, 5) is 0. The van der Waals surface area contributed by atoms with Crippen molar-refractivity contribution in [1.82, 2.24) is 0 Å². The maximum absolute atomic E-state index is 8.20. The van der Waals surface area contributed by atoms with Crippen LogP contribution in [0.5, 0.6) is 0 Å². The Morgan fingerprint density at radius 2 is 0.833 bits per heavy atom. The van der Waals surface area contributed by atoms with Gasteiger partial charge in [0, 0.05) is 13.2 Å². The van der Waals surface area contributed by atoms with Gasteiger partial charge in [0.05, 0.1) is 0 Å². The molecule has 2 heteroatoms. The molecule has 106 valence electrons. The average molecular weight is 254 g/mol. The van der Waals surface area contributed by atoms with Gasteiger partial charge in [-0.15, -0.1) is 0 Å². The topological polar surface area (TPSA) is 40.5 Å². The molecule has 0 amide bonds. The molecule has 2 N–H and O–H groups in total. The maximum Gasteiger partial charge on any atom is 0.0431 e. The van der Waals surface area contributed by atoms with Gasteiger partial charge in [0.2, 0.25) is 0 Å². The molecule has 0 radical (unpaired) electrons. The summed E-state index contributed by atoms with van der Waals surface area (Å²) in [5.41, 5.74) is 0. The zero-order valence-electron chi connectivity index (χ0n) is 12.0. The van der Waals surface area contributed by atoms with Gasteiger partial charge < -0.3 is 10.2 Å². The number of hydrogen-bond donors (Lipinski definition) is 2. The Balaban J connectivity index is 0. The molecule has 2 nitrogen and oxygen atoms in total. The average Bonchev–Trinajstić information content (AvgIpc) is 2.46. The smallest absolute Gasteiger partial charge is 0.0431 e. The van der Waals surface area contributed by atoms with Crippen molar-refractivity contribution in [2.45, 2.75) is 52.4 Å². The van der Waals surface area contributed by atoms with Gasteiger partial charge in [0.1, 0.15) is 0 Å². The first kappa shape index (κ1) is 19.5. The second-order valence-electron chi connectivity index (χ2n) is 4.02. The van der Waals surface area contributed by atoms with E-state index in [9.17, 15) is 0 Å². The van der Waals surface area contributed by atoms with Gasteiger partial charge in [0.15, 0.2) is 0 Å². The Morgan fingerprint density at radius 3 is 0.944 bits per heavy atom.